The number of H-pyrrole nitrogens is 1. The van der Waals surface area contributed by atoms with Crippen LogP contribution in [0.25, 0.3) is 10.9 Å². The van der Waals surface area contributed by atoms with Crippen molar-refractivity contribution in [3.63, 3.8) is 0 Å². The molecule has 0 aliphatic carbocycles. The van der Waals surface area contributed by atoms with Crippen LogP contribution in [0, 0.1) is 0 Å². The van der Waals surface area contributed by atoms with Crippen LogP contribution in [-0.2, 0) is 9.59 Å². The predicted molar refractivity (Wildman–Crippen MR) is 74.9 cm³/mol. The van der Waals surface area contributed by atoms with Crippen molar-refractivity contribution in [2.24, 2.45) is 0 Å². The molecular formula is C13H15N5O2. The molecule has 1 unspecified atom stereocenters. The Balaban J connectivity index is 1.87. The van der Waals surface area contributed by atoms with Gasteiger partial charge >= 0.3 is 0 Å². The maximum Gasteiger partial charge on any atom is 0.251 e. The molecule has 2 heterocycles. The van der Waals surface area contributed by atoms with Gasteiger partial charge in [-0.3, -0.25) is 19.6 Å². The van der Waals surface area contributed by atoms with Crippen LogP contribution >= 0.6 is 0 Å². The largest absolute Gasteiger partial charge is 0.397 e. The Labute approximate surface area is 115 Å². The summed E-state index contributed by atoms with van der Waals surface area (Å²) in [6.45, 7) is 0. The minimum Gasteiger partial charge on any atom is -0.397 e. The molecule has 20 heavy (non-hydrogen) atoms. The van der Waals surface area contributed by atoms with Gasteiger partial charge in [-0.05, 0) is 18.6 Å². The minimum atomic E-state index is -0.430. The zero-order chi connectivity index (χ0) is 14.3. The number of anilines is 2. The molecule has 0 bridgehead atoms. The van der Waals surface area contributed by atoms with Crippen molar-refractivity contribution in [2.75, 3.05) is 18.1 Å². The average molecular weight is 273 g/mol. The fraction of sp³-hybridized carbons (Fsp3) is 0.308. The number of aromatic nitrogens is 2. The van der Waals surface area contributed by atoms with Crippen molar-refractivity contribution >= 4 is 34.1 Å². The van der Waals surface area contributed by atoms with Crippen LogP contribution in [0.15, 0.2) is 18.3 Å². The molecule has 1 aromatic carbocycles. The first kappa shape index (κ1) is 12.5. The van der Waals surface area contributed by atoms with Crippen LogP contribution in [0.4, 0.5) is 11.4 Å². The zero-order valence-corrected chi connectivity index (χ0v) is 11.0. The summed E-state index contributed by atoms with van der Waals surface area (Å²) in [4.78, 5) is 24.7. The quantitative estimate of drug-likeness (QED) is 0.552. The van der Waals surface area contributed by atoms with E-state index in [2.05, 4.69) is 15.5 Å². The number of imide groups is 1. The third kappa shape index (κ3) is 1.97. The lowest BCUT2D eigenvalue weighted by molar-refractivity contribution is -0.146. The summed E-state index contributed by atoms with van der Waals surface area (Å²) < 4.78 is 0. The highest BCUT2D eigenvalue weighted by atomic mass is 16.2. The van der Waals surface area contributed by atoms with Gasteiger partial charge in [-0.1, -0.05) is 0 Å². The van der Waals surface area contributed by atoms with E-state index >= 15 is 0 Å². The van der Waals surface area contributed by atoms with E-state index in [1.165, 1.54) is 7.05 Å². The first-order valence-corrected chi connectivity index (χ1v) is 6.36. The predicted octanol–water partition coefficient (Wildman–Crippen LogP) is 0.704. The summed E-state index contributed by atoms with van der Waals surface area (Å²) in [7, 11) is 1.50. The van der Waals surface area contributed by atoms with Gasteiger partial charge in [-0.2, -0.15) is 5.10 Å². The summed E-state index contributed by atoms with van der Waals surface area (Å²) in [5.41, 5.74) is 8.03. The van der Waals surface area contributed by atoms with E-state index in [1.54, 1.807) is 12.3 Å². The molecule has 1 aliphatic heterocycles. The van der Waals surface area contributed by atoms with Crippen molar-refractivity contribution < 1.29 is 9.59 Å². The Kier molecular flexibility index (Phi) is 2.81. The number of nitrogens with zero attached hydrogens (tertiary/aromatic N) is 2. The minimum absolute atomic E-state index is 0.148. The van der Waals surface area contributed by atoms with Gasteiger partial charge in [-0.25, -0.2) is 0 Å². The number of fused-ring (bicyclic) bond motifs is 1. The van der Waals surface area contributed by atoms with E-state index in [1.807, 2.05) is 6.07 Å². The molecule has 1 aromatic heterocycles. The van der Waals surface area contributed by atoms with Crippen molar-refractivity contribution in [1.82, 2.24) is 15.1 Å². The number of nitrogen functional groups attached to an aromatic ring is 1. The topological polar surface area (TPSA) is 104 Å². The standard InChI is InChI=1S/C13H15N5O2/c1-18-12(19)3-2-9(13(18)20)16-11-5-10-7(4-8(11)14)6-15-17-10/h4-6,9,16H,2-3,14H2,1H3,(H,15,17). The Morgan fingerprint density at radius 1 is 1.45 bits per heavy atom. The number of likely N-dealkylation sites (N-methyl/N-ethyl adjacent to an activating group) is 1. The second kappa shape index (κ2) is 4.52. The van der Waals surface area contributed by atoms with E-state index in [0.717, 1.165) is 15.8 Å². The Morgan fingerprint density at radius 3 is 3.05 bits per heavy atom. The summed E-state index contributed by atoms with van der Waals surface area (Å²) in [6.07, 6.45) is 2.52. The number of piperidine rings is 1. The number of aromatic amines is 1. The normalized spacial score (nSPS) is 19.6. The van der Waals surface area contributed by atoms with Gasteiger partial charge in [-0.15, -0.1) is 0 Å². The molecule has 2 amide bonds. The molecule has 0 saturated carbocycles. The van der Waals surface area contributed by atoms with Gasteiger partial charge in [0.1, 0.15) is 6.04 Å². The van der Waals surface area contributed by atoms with Crippen molar-refractivity contribution in [3.05, 3.63) is 18.3 Å². The molecule has 1 aliphatic rings. The van der Waals surface area contributed by atoms with Crippen molar-refractivity contribution in [2.45, 2.75) is 18.9 Å². The number of hydrogen-bond acceptors (Lipinski definition) is 5. The summed E-state index contributed by atoms with van der Waals surface area (Å²) in [5.74, 6) is -0.379. The summed E-state index contributed by atoms with van der Waals surface area (Å²) in [6, 6.07) is 3.19. The number of nitrogens with one attached hydrogen (secondary N) is 2. The highest BCUT2D eigenvalue weighted by molar-refractivity contribution is 6.01. The van der Waals surface area contributed by atoms with Gasteiger partial charge < -0.3 is 11.1 Å². The Morgan fingerprint density at radius 2 is 2.25 bits per heavy atom. The molecule has 1 fully saturated rings. The molecule has 1 saturated heterocycles. The van der Waals surface area contributed by atoms with E-state index < -0.39 is 6.04 Å². The van der Waals surface area contributed by atoms with Gasteiger partial charge in [0.15, 0.2) is 0 Å². The van der Waals surface area contributed by atoms with Gasteiger partial charge in [0.05, 0.1) is 23.1 Å². The van der Waals surface area contributed by atoms with E-state index in [9.17, 15) is 9.59 Å². The van der Waals surface area contributed by atoms with Crippen molar-refractivity contribution in [1.29, 1.82) is 0 Å². The lowest BCUT2D eigenvalue weighted by Crippen LogP contribution is -2.48. The van der Waals surface area contributed by atoms with E-state index in [4.69, 9.17) is 5.73 Å². The highest BCUT2D eigenvalue weighted by Gasteiger charge is 2.31. The maximum atomic E-state index is 12.0. The third-order valence-corrected chi connectivity index (χ3v) is 3.59. The first-order chi connectivity index (χ1) is 9.56. The molecular weight excluding hydrogens is 258 g/mol. The third-order valence-electron chi connectivity index (χ3n) is 3.59. The molecule has 0 spiro atoms. The number of likely N-dealkylation sites (tertiary alicyclic amines) is 1. The molecule has 4 N–H and O–H groups in total. The SMILES string of the molecule is CN1C(=O)CCC(Nc2cc3[nH]ncc3cc2N)C1=O. The lowest BCUT2D eigenvalue weighted by atomic mass is 10.0. The number of rotatable bonds is 2. The second-order valence-corrected chi connectivity index (χ2v) is 4.92. The molecule has 0 radical (unpaired) electrons. The molecule has 3 rings (SSSR count). The smallest absolute Gasteiger partial charge is 0.251 e. The number of benzene rings is 1. The first-order valence-electron chi connectivity index (χ1n) is 6.36. The van der Waals surface area contributed by atoms with Gasteiger partial charge in [0.2, 0.25) is 5.91 Å². The number of amides is 2. The molecule has 104 valence electrons. The second-order valence-electron chi connectivity index (χ2n) is 4.92. The van der Waals surface area contributed by atoms with E-state index in [0.29, 0.717) is 24.2 Å². The van der Waals surface area contributed by atoms with Crippen LogP contribution in [0.5, 0.6) is 0 Å². The van der Waals surface area contributed by atoms with Crippen LogP contribution in [0.1, 0.15) is 12.8 Å². The van der Waals surface area contributed by atoms with Gasteiger partial charge in [0.25, 0.3) is 5.91 Å². The van der Waals surface area contributed by atoms with E-state index in [-0.39, 0.29) is 11.8 Å². The molecule has 1 atom stereocenters. The number of nitrogens with two attached hydrogens (primary N) is 1. The Bertz CT molecular complexity index is 693. The van der Waals surface area contributed by atoms with Crippen molar-refractivity contribution in [3.8, 4) is 0 Å². The maximum absolute atomic E-state index is 12.0. The monoisotopic (exact) mass is 273 g/mol. The summed E-state index contributed by atoms with van der Waals surface area (Å²) in [5, 5.41) is 10.8. The lowest BCUT2D eigenvalue weighted by Gasteiger charge is -2.29. The van der Waals surface area contributed by atoms with Crippen LogP contribution in [-0.4, -0.2) is 40.0 Å². The van der Waals surface area contributed by atoms with Crippen LogP contribution < -0.4 is 11.1 Å². The molecule has 7 nitrogen and oxygen atoms in total. The van der Waals surface area contributed by atoms with Gasteiger partial charge in [0, 0.05) is 18.9 Å². The summed E-state index contributed by atoms with van der Waals surface area (Å²) >= 11 is 0. The number of carbonyl (C=O) groups excluding carboxylic acids is 2. The fourth-order valence-electron chi connectivity index (χ4n) is 2.37. The average Bonchev–Trinajstić information content (AvgIpc) is 2.86. The fourth-order valence-corrected chi connectivity index (χ4v) is 2.37. The number of hydrogen-bond donors (Lipinski definition) is 3. The van der Waals surface area contributed by atoms with Crippen LogP contribution in [0.2, 0.25) is 0 Å². The highest BCUT2D eigenvalue weighted by Crippen LogP contribution is 2.27. The molecule has 7 heteroatoms. The van der Waals surface area contributed by atoms with Crippen LogP contribution in [0.3, 0.4) is 0 Å². The zero-order valence-electron chi connectivity index (χ0n) is 11.0. The Hall–Kier alpha value is -2.57. The molecule has 2 aromatic rings. The number of carbonyl (C=O) groups is 2.